The zero-order valence-electron chi connectivity index (χ0n) is 2.63. The first kappa shape index (κ1) is 3.95. The molecule has 0 saturated carbocycles. The Morgan fingerprint density at radius 2 is 2.50 bits per heavy atom. The van der Waals surface area contributed by atoms with Gasteiger partial charge in [0, 0.05) is 11.5 Å². The Balaban J connectivity index is 3.05. The van der Waals surface area contributed by atoms with E-state index < -0.39 is 0 Å². The highest BCUT2D eigenvalue weighted by molar-refractivity contribution is 7.09. The van der Waals surface area contributed by atoms with Crippen LogP contribution in [0.3, 0.4) is 0 Å². The van der Waals surface area contributed by atoms with Crippen molar-refractivity contribution < 1.29 is 0 Å². The molecule has 0 unspecified atom stereocenters. The summed E-state index contributed by atoms with van der Waals surface area (Å²) in [7, 11) is 0. The van der Waals surface area contributed by atoms with Crippen molar-refractivity contribution >= 4 is 23.1 Å². The van der Waals surface area contributed by atoms with Gasteiger partial charge in [0.25, 0.3) is 0 Å². The second-order valence-electron chi connectivity index (χ2n) is 0.615. The monoisotopic (exact) mass is 121 g/mol. The fourth-order valence-electron chi connectivity index (χ4n) is 0.124. The Labute approximate surface area is 43.1 Å². The summed E-state index contributed by atoms with van der Waals surface area (Å²) in [5, 5.41) is 6.55. The summed E-state index contributed by atoms with van der Waals surface area (Å²) in [6.07, 6.45) is 0. The average molecular weight is 122 g/mol. The third-order valence-corrected chi connectivity index (χ3v) is 0.946. The molecule has 0 aliphatic rings. The van der Waals surface area contributed by atoms with Gasteiger partial charge in [-0.25, -0.2) is 0 Å². The number of aromatic nitrogens is 3. The molecular formula is CClN3S. The zero-order valence-corrected chi connectivity index (χ0v) is 4.20. The fraction of sp³-hybridized carbons (Fsp3) is 0. The third-order valence-electron chi connectivity index (χ3n) is 0.276. The summed E-state index contributed by atoms with van der Waals surface area (Å²) < 4.78 is 3.75. The molecule has 0 aliphatic heterocycles. The van der Waals surface area contributed by atoms with E-state index in [4.69, 9.17) is 11.6 Å². The van der Waals surface area contributed by atoms with Crippen molar-refractivity contribution in [2.45, 2.75) is 0 Å². The first-order chi connectivity index (χ1) is 2.89. The summed E-state index contributed by atoms with van der Waals surface area (Å²) in [6.45, 7) is 0. The first-order valence-corrected chi connectivity index (χ1v) is 2.35. The van der Waals surface area contributed by atoms with E-state index in [9.17, 15) is 0 Å². The van der Waals surface area contributed by atoms with E-state index in [0.717, 1.165) is 11.5 Å². The van der Waals surface area contributed by atoms with E-state index >= 15 is 0 Å². The minimum absolute atomic E-state index is 0.384. The van der Waals surface area contributed by atoms with Gasteiger partial charge in [-0.05, 0) is 16.8 Å². The van der Waals surface area contributed by atoms with Crippen molar-refractivity contribution in [3.63, 3.8) is 0 Å². The maximum absolute atomic E-state index is 5.24. The molecule has 1 aromatic heterocycles. The molecule has 0 aromatic carbocycles. The van der Waals surface area contributed by atoms with Crippen LogP contribution in [0.25, 0.3) is 0 Å². The summed E-state index contributed by atoms with van der Waals surface area (Å²) in [5.41, 5.74) is 0. The Morgan fingerprint density at radius 1 is 1.67 bits per heavy atom. The molecule has 0 aliphatic carbocycles. The van der Waals surface area contributed by atoms with Gasteiger partial charge in [0.2, 0.25) is 4.47 Å². The van der Waals surface area contributed by atoms with Crippen molar-refractivity contribution in [3.8, 4) is 0 Å². The van der Waals surface area contributed by atoms with E-state index in [0.29, 0.717) is 4.47 Å². The van der Waals surface area contributed by atoms with E-state index in [2.05, 4.69) is 14.8 Å². The Kier molecular flexibility index (Phi) is 0.979. The number of halogens is 1. The van der Waals surface area contributed by atoms with E-state index in [-0.39, 0.29) is 0 Å². The number of nitrogens with zero attached hydrogens (tertiary/aromatic N) is 3. The van der Waals surface area contributed by atoms with Gasteiger partial charge in [0.1, 0.15) is 0 Å². The maximum atomic E-state index is 5.24. The lowest BCUT2D eigenvalue weighted by Crippen LogP contribution is -1.63. The van der Waals surface area contributed by atoms with Crippen LogP contribution < -0.4 is 0 Å². The third kappa shape index (κ3) is 0.636. The number of hydrogen-bond acceptors (Lipinski definition) is 4. The average Bonchev–Trinajstić information content (AvgIpc) is 1.86. The molecule has 1 aromatic rings. The Hall–Kier alpha value is -0.220. The molecule has 0 radical (unpaired) electrons. The Bertz CT molecular complexity index is 114. The maximum Gasteiger partial charge on any atom is 0.226 e. The van der Waals surface area contributed by atoms with Gasteiger partial charge >= 0.3 is 0 Å². The topological polar surface area (TPSA) is 38.7 Å². The lowest BCUT2D eigenvalue weighted by atomic mass is 11.6. The van der Waals surface area contributed by atoms with Crippen LogP contribution in [0.1, 0.15) is 0 Å². The van der Waals surface area contributed by atoms with Gasteiger partial charge in [0.05, 0.1) is 0 Å². The molecular weight excluding hydrogens is 122 g/mol. The highest BCUT2D eigenvalue weighted by atomic mass is 35.5. The highest BCUT2D eigenvalue weighted by Crippen LogP contribution is 2.02. The lowest BCUT2D eigenvalue weighted by Gasteiger charge is -1.54. The SMILES string of the molecule is Clc1nnns1. The number of rotatable bonds is 0. The van der Waals surface area contributed by atoms with Crippen molar-refractivity contribution in [3.05, 3.63) is 4.47 Å². The molecule has 1 rings (SSSR count). The zero-order chi connectivity index (χ0) is 4.41. The van der Waals surface area contributed by atoms with Gasteiger partial charge in [-0.15, -0.1) is 5.10 Å². The van der Waals surface area contributed by atoms with Gasteiger partial charge in [-0.1, -0.05) is 4.49 Å². The van der Waals surface area contributed by atoms with Gasteiger partial charge < -0.3 is 0 Å². The van der Waals surface area contributed by atoms with Crippen LogP contribution in [0.15, 0.2) is 0 Å². The second kappa shape index (κ2) is 1.49. The van der Waals surface area contributed by atoms with Crippen LogP contribution in [0.5, 0.6) is 0 Å². The Morgan fingerprint density at radius 3 is 2.67 bits per heavy atom. The van der Waals surface area contributed by atoms with Gasteiger partial charge in [-0.3, -0.25) is 0 Å². The molecule has 6 heavy (non-hydrogen) atoms. The summed E-state index contributed by atoms with van der Waals surface area (Å²) in [4.78, 5) is 0. The molecule has 0 N–H and O–H groups in total. The van der Waals surface area contributed by atoms with Gasteiger partial charge in [-0.2, -0.15) is 0 Å². The van der Waals surface area contributed by atoms with Crippen LogP contribution in [0, 0.1) is 0 Å². The largest absolute Gasteiger partial charge is 0.226 e. The van der Waals surface area contributed by atoms with E-state index in [1.165, 1.54) is 0 Å². The van der Waals surface area contributed by atoms with Crippen molar-refractivity contribution in [1.29, 1.82) is 0 Å². The molecule has 0 amide bonds. The standard InChI is InChI=1S/CClN3S/c2-1-3-4-5-6-1. The van der Waals surface area contributed by atoms with E-state index in [1.54, 1.807) is 0 Å². The van der Waals surface area contributed by atoms with Crippen LogP contribution in [0.4, 0.5) is 0 Å². The second-order valence-corrected chi connectivity index (χ2v) is 1.93. The van der Waals surface area contributed by atoms with Crippen LogP contribution in [0.2, 0.25) is 4.47 Å². The van der Waals surface area contributed by atoms with Crippen LogP contribution >= 0.6 is 23.1 Å². The minimum Gasteiger partial charge on any atom is -0.104 e. The molecule has 0 bridgehead atoms. The minimum atomic E-state index is 0.384. The normalized spacial score (nSPS) is 8.83. The molecule has 0 spiro atoms. The predicted octanol–water partition coefficient (Wildman–Crippen LogP) is 0.587. The van der Waals surface area contributed by atoms with E-state index in [1.807, 2.05) is 0 Å². The molecule has 3 nitrogen and oxygen atoms in total. The van der Waals surface area contributed by atoms with Crippen LogP contribution in [-0.4, -0.2) is 14.8 Å². The number of hydrogen-bond donors (Lipinski definition) is 0. The highest BCUT2D eigenvalue weighted by Gasteiger charge is 1.83. The summed E-state index contributed by atoms with van der Waals surface area (Å²) in [5.74, 6) is 0. The fourth-order valence-corrected chi connectivity index (χ4v) is 0.463. The van der Waals surface area contributed by atoms with Gasteiger partial charge in [0.15, 0.2) is 0 Å². The molecule has 0 atom stereocenters. The smallest absolute Gasteiger partial charge is 0.104 e. The van der Waals surface area contributed by atoms with Crippen molar-refractivity contribution in [1.82, 2.24) is 14.8 Å². The summed E-state index contributed by atoms with van der Waals surface area (Å²) in [6, 6.07) is 0. The summed E-state index contributed by atoms with van der Waals surface area (Å²) >= 11 is 6.31. The first-order valence-electron chi connectivity index (χ1n) is 1.20. The molecule has 0 fully saturated rings. The predicted molar refractivity (Wildman–Crippen MR) is 22.7 cm³/mol. The van der Waals surface area contributed by atoms with Crippen molar-refractivity contribution in [2.75, 3.05) is 0 Å². The molecule has 1 heterocycles. The van der Waals surface area contributed by atoms with Crippen LogP contribution in [-0.2, 0) is 0 Å². The molecule has 32 valence electrons. The lowest BCUT2D eigenvalue weighted by molar-refractivity contribution is 0.958. The quantitative estimate of drug-likeness (QED) is 0.504. The molecule has 5 heteroatoms. The molecule has 0 saturated heterocycles. The van der Waals surface area contributed by atoms with Crippen molar-refractivity contribution in [2.24, 2.45) is 0 Å².